The third-order valence-electron chi connectivity index (χ3n) is 2.18. The van der Waals surface area contributed by atoms with E-state index < -0.39 is 0 Å². The van der Waals surface area contributed by atoms with Gasteiger partial charge in [0.25, 0.3) is 0 Å². The fourth-order valence-corrected chi connectivity index (χ4v) is 1.62. The summed E-state index contributed by atoms with van der Waals surface area (Å²) in [6.07, 6.45) is 0.965. The van der Waals surface area contributed by atoms with Crippen LogP contribution in [0.5, 0.6) is 11.5 Å². The van der Waals surface area contributed by atoms with Crippen molar-refractivity contribution >= 4 is 0 Å². The van der Waals surface area contributed by atoms with Crippen LogP contribution in [0.1, 0.15) is 17.5 Å². The lowest BCUT2D eigenvalue weighted by atomic mass is 10.1. The highest BCUT2D eigenvalue weighted by atomic mass is 16.5. The molecule has 0 bridgehead atoms. The van der Waals surface area contributed by atoms with E-state index in [1.54, 1.807) is 0 Å². The Morgan fingerprint density at radius 1 is 1.08 bits per heavy atom. The summed E-state index contributed by atoms with van der Waals surface area (Å²) in [6, 6.07) is 4.15. The first-order valence-electron chi connectivity index (χ1n) is 4.64. The van der Waals surface area contributed by atoms with Gasteiger partial charge in [0.05, 0.1) is 13.2 Å². The van der Waals surface area contributed by atoms with Crippen molar-refractivity contribution < 1.29 is 9.47 Å². The highest BCUT2D eigenvalue weighted by Gasteiger charge is 2.12. The van der Waals surface area contributed by atoms with E-state index in [0.717, 1.165) is 36.7 Å². The maximum Gasteiger partial charge on any atom is 0.164 e. The zero-order valence-corrected chi connectivity index (χ0v) is 8.09. The predicted molar refractivity (Wildman–Crippen MR) is 51.5 cm³/mol. The Bertz CT molecular complexity index is 318. The lowest BCUT2D eigenvalue weighted by Gasteiger charge is -2.10. The van der Waals surface area contributed by atoms with Gasteiger partial charge in [-0.1, -0.05) is 6.07 Å². The van der Waals surface area contributed by atoms with Crippen LogP contribution in [0.25, 0.3) is 0 Å². The molecule has 1 heterocycles. The van der Waals surface area contributed by atoms with Crippen LogP contribution < -0.4 is 9.47 Å². The predicted octanol–water partition coefficient (Wildman–Crippen LogP) is 2.46. The number of aryl methyl sites for hydroxylation is 2. The van der Waals surface area contributed by atoms with Gasteiger partial charge in [-0.25, -0.2) is 0 Å². The molecule has 1 aliphatic rings. The summed E-state index contributed by atoms with van der Waals surface area (Å²) in [5.74, 6) is 1.82. The minimum absolute atomic E-state index is 0.760. The molecule has 0 N–H and O–H groups in total. The minimum Gasteiger partial charge on any atom is -0.490 e. The Labute approximate surface area is 78.5 Å². The smallest absolute Gasteiger partial charge is 0.164 e. The monoisotopic (exact) mass is 178 g/mol. The third-order valence-corrected chi connectivity index (χ3v) is 2.18. The molecule has 0 amide bonds. The fourth-order valence-electron chi connectivity index (χ4n) is 1.62. The van der Waals surface area contributed by atoms with Crippen LogP contribution in [-0.2, 0) is 0 Å². The fraction of sp³-hybridized carbons (Fsp3) is 0.455. The second-order valence-electron chi connectivity index (χ2n) is 3.46. The highest BCUT2D eigenvalue weighted by molar-refractivity contribution is 5.48. The van der Waals surface area contributed by atoms with Crippen molar-refractivity contribution in [3.05, 3.63) is 23.3 Å². The molecular weight excluding hydrogens is 164 g/mol. The molecule has 0 radical (unpaired) electrons. The molecule has 2 heteroatoms. The number of ether oxygens (including phenoxy) is 2. The van der Waals surface area contributed by atoms with Gasteiger partial charge in [0, 0.05) is 6.42 Å². The lowest BCUT2D eigenvalue weighted by molar-refractivity contribution is 0.296. The van der Waals surface area contributed by atoms with Crippen LogP contribution in [0.2, 0.25) is 0 Å². The molecule has 2 rings (SSSR count). The first-order valence-corrected chi connectivity index (χ1v) is 4.64. The van der Waals surface area contributed by atoms with Crippen molar-refractivity contribution in [2.24, 2.45) is 0 Å². The van der Waals surface area contributed by atoms with Crippen LogP contribution in [0.4, 0.5) is 0 Å². The molecule has 0 unspecified atom stereocenters. The molecule has 70 valence electrons. The zero-order valence-electron chi connectivity index (χ0n) is 8.09. The SMILES string of the molecule is Cc1cc(C)c2c(c1)OCCCO2. The molecule has 1 aromatic carbocycles. The summed E-state index contributed by atoms with van der Waals surface area (Å²) in [6.45, 7) is 5.65. The van der Waals surface area contributed by atoms with E-state index in [9.17, 15) is 0 Å². The average molecular weight is 178 g/mol. The molecular formula is C11H14O2. The first-order chi connectivity index (χ1) is 6.27. The Hall–Kier alpha value is -1.18. The molecule has 0 aliphatic carbocycles. The second kappa shape index (κ2) is 3.29. The highest BCUT2D eigenvalue weighted by Crippen LogP contribution is 2.33. The number of rotatable bonds is 0. The quantitative estimate of drug-likeness (QED) is 0.607. The number of benzene rings is 1. The second-order valence-corrected chi connectivity index (χ2v) is 3.46. The molecule has 0 atom stereocenters. The Morgan fingerprint density at radius 3 is 2.69 bits per heavy atom. The van der Waals surface area contributed by atoms with Gasteiger partial charge in [-0.2, -0.15) is 0 Å². The molecule has 1 aromatic rings. The van der Waals surface area contributed by atoms with E-state index in [2.05, 4.69) is 19.9 Å². The maximum atomic E-state index is 5.61. The lowest BCUT2D eigenvalue weighted by Crippen LogP contribution is -1.97. The number of hydrogen-bond donors (Lipinski definition) is 0. The van der Waals surface area contributed by atoms with Crippen LogP contribution in [0, 0.1) is 13.8 Å². The molecule has 0 fully saturated rings. The van der Waals surface area contributed by atoms with Gasteiger partial charge in [-0.05, 0) is 31.0 Å². The maximum absolute atomic E-state index is 5.61. The number of hydrogen-bond acceptors (Lipinski definition) is 2. The first kappa shape index (κ1) is 8.42. The van der Waals surface area contributed by atoms with E-state index in [0.29, 0.717) is 0 Å². The van der Waals surface area contributed by atoms with Crippen molar-refractivity contribution in [3.63, 3.8) is 0 Å². The Balaban J connectivity index is 2.47. The van der Waals surface area contributed by atoms with Crippen LogP contribution in [0.15, 0.2) is 12.1 Å². The molecule has 1 aliphatic heterocycles. The molecule has 2 nitrogen and oxygen atoms in total. The summed E-state index contributed by atoms with van der Waals surface area (Å²) in [7, 11) is 0. The van der Waals surface area contributed by atoms with Crippen molar-refractivity contribution in [2.75, 3.05) is 13.2 Å². The van der Waals surface area contributed by atoms with E-state index in [1.165, 1.54) is 5.56 Å². The molecule has 0 saturated heterocycles. The van der Waals surface area contributed by atoms with Gasteiger partial charge >= 0.3 is 0 Å². The molecule has 13 heavy (non-hydrogen) atoms. The topological polar surface area (TPSA) is 18.5 Å². The normalized spacial score (nSPS) is 15.2. The van der Waals surface area contributed by atoms with E-state index in [4.69, 9.17) is 9.47 Å². The summed E-state index contributed by atoms with van der Waals surface area (Å²) in [5.41, 5.74) is 2.39. The van der Waals surface area contributed by atoms with Gasteiger partial charge in [-0.15, -0.1) is 0 Å². The molecule has 0 spiro atoms. The summed E-state index contributed by atoms with van der Waals surface area (Å²) in [5, 5.41) is 0. The average Bonchev–Trinajstić information content (AvgIpc) is 2.28. The summed E-state index contributed by atoms with van der Waals surface area (Å²) >= 11 is 0. The molecule has 0 aromatic heterocycles. The summed E-state index contributed by atoms with van der Waals surface area (Å²) < 4.78 is 11.2. The molecule has 0 saturated carbocycles. The van der Waals surface area contributed by atoms with E-state index in [1.807, 2.05) is 6.07 Å². The van der Waals surface area contributed by atoms with Crippen molar-refractivity contribution in [1.29, 1.82) is 0 Å². The Kier molecular flexibility index (Phi) is 2.13. The van der Waals surface area contributed by atoms with Gasteiger partial charge in [0.15, 0.2) is 11.5 Å². The summed E-state index contributed by atoms with van der Waals surface area (Å²) in [4.78, 5) is 0. The number of fused-ring (bicyclic) bond motifs is 1. The van der Waals surface area contributed by atoms with Gasteiger partial charge in [0.1, 0.15) is 0 Å². The standard InChI is InChI=1S/C11H14O2/c1-8-6-9(2)11-10(7-8)12-4-3-5-13-11/h6-7H,3-5H2,1-2H3. The largest absolute Gasteiger partial charge is 0.490 e. The van der Waals surface area contributed by atoms with Crippen LogP contribution in [0.3, 0.4) is 0 Å². The van der Waals surface area contributed by atoms with Crippen molar-refractivity contribution in [3.8, 4) is 11.5 Å². The van der Waals surface area contributed by atoms with Crippen LogP contribution in [-0.4, -0.2) is 13.2 Å². The van der Waals surface area contributed by atoms with E-state index >= 15 is 0 Å². The van der Waals surface area contributed by atoms with E-state index in [-0.39, 0.29) is 0 Å². The van der Waals surface area contributed by atoms with Crippen molar-refractivity contribution in [2.45, 2.75) is 20.3 Å². The van der Waals surface area contributed by atoms with Gasteiger partial charge in [0.2, 0.25) is 0 Å². The van der Waals surface area contributed by atoms with Gasteiger partial charge in [-0.3, -0.25) is 0 Å². The van der Waals surface area contributed by atoms with Gasteiger partial charge < -0.3 is 9.47 Å². The van der Waals surface area contributed by atoms with Crippen molar-refractivity contribution in [1.82, 2.24) is 0 Å². The zero-order chi connectivity index (χ0) is 9.26. The third kappa shape index (κ3) is 1.62. The Morgan fingerprint density at radius 2 is 1.85 bits per heavy atom. The van der Waals surface area contributed by atoms with Crippen LogP contribution >= 0.6 is 0 Å². The minimum atomic E-state index is 0.760.